The zero-order valence-corrected chi connectivity index (χ0v) is 8.64. The van der Waals surface area contributed by atoms with E-state index in [2.05, 4.69) is 17.1 Å². The Morgan fingerprint density at radius 3 is 2.80 bits per heavy atom. The SMILES string of the molecule is CCOc1ocnc1Cc1ccccc1. The molecule has 1 aromatic heterocycles. The van der Waals surface area contributed by atoms with E-state index in [0.717, 1.165) is 12.1 Å². The van der Waals surface area contributed by atoms with Gasteiger partial charge in [-0.25, -0.2) is 4.98 Å². The van der Waals surface area contributed by atoms with E-state index in [0.29, 0.717) is 12.6 Å². The molecule has 0 saturated heterocycles. The van der Waals surface area contributed by atoms with Crippen molar-refractivity contribution in [2.24, 2.45) is 0 Å². The quantitative estimate of drug-likeness (QED) is 0.766. The maximum absolute atomic E-state index is 5.32. The molecule has 0 amide bonds. The fourth-order valence-corrected chi connectivity index (χ4v) is 1.41. The van der Waals surface area contributed by atoms with Crippen LogP contribution in [0.15, 0.2) is 41.1 Å². The van der Waals surface area contributed by atoms with Crippen LogP contribution in [-0.2, 0) is 6.42 Å². The van der Waals surface area contributed by atoms with Gasteiger partial charge in [0.2, 0.25) is 0 Å². The van der Waals surface area contributed by atoms with Gasteiger partial charge in [0.05, 0.1) is 6.61 Å². The summed E-state index contributed by atoms with van der Waals surface area (Å²) in [5, 5.41) is 0. The van der Waals surface area contributed by atoms with Crippen LogP contribution >= 0.6 is 0 Å². The molecule has 0 N–H and O–H groups in total. The van der Waals surface area contributed by atoms with Gasteiger partial charge in [-0.2, -0.15) is 0 Å². The Labute approximate surface area is 88.7 Å². The van der Waals surface area contributed by atoms with Crippen LogP contribution in [0.2, 0.25) is 0 Å². The number of oxazole rings is 1. The first-order valence-corrected chi connectivity index (χ1v) is 4.99. The zero-order valence-electron chi connectivity index (χ0n) is 8.64. The van der Waals surface area contributed by atoms with Gasteiger partial charge in [-0.1, -0.05) is 30.3 Å². The van der Waals surface area contributed by atoms with Crippen LogP contribution < -0.4 is 4.74 Å². The predicted molar refractivity (Wildman–Crippen MR) is 56.9 cm³/mol. The van der Waals surface area contributed by atoms with Crippen LogP contribution in [0, 0.1) is 0 Å². The Kier molecular flexibility index (Phi) is 3.02. The Morgan fingerprint density at radius 2 is 2.07 bits per heavy atom. The lowest BCUT2D eigenvalue weighted by Crippen LogP contribution is -1.95. The molecular weight excluding hydrogens is 190 g/mol. The molecule has 3 nitrogen and oxygen atoms in total. The minimum absolute atomic E-state index is 0.529. The van der Waals surface area contributed by atoms with Crippen LogP contribution in [0.1, 0.15) is 18.2 Å². The smallest absolute Gasteiger partial charge is 0.308 e. The average Bonchev–Trinajstić information content (AvgIpc) is 2.68. The van der Waals surface area contributed by atoms with E-state index >= 15 is 0 Å². The van der Waals surface area contributed by atoms with E-state index in [1.165, 1.54) is 12.0 Å². The van der Waals surface area contributed by atoms with Crippen molar-refractivity contribution in [1.29, 1.82) is 0 Å². The highest BCUT2D eigenvalue weighted by atomic mass is 16.6. The average molecular weight is 203 g/mol. The molecular formula is C12H13NO2. The third kappa shape index (κ3) is 2.37. The lowest BCUT2D eigenvalue weighted by Gasteiger charge is -2.01. The molecule has 0 fully saturated rings. The molecule has 78 valence electrons. The van der Waals surface area contributed by atoms with E-state index < -0.39 is 0 Å². The lowest BCUT2D eigenvalue weighted by molar-refractivity contribution is 0.254. The summed E-state index contributed by atoms with van der Waals surface area (Å²) in [4.78, 5) is 4.14. The monoisotopic (exact) mass is 203 g/mol. The minimum Gasteiger partial charge on any atom is -0.464 e. The first kappa shape index (κ1) is 9.77. The zero-order chi connectivity index (χ0) is 10.5. The van der Waals surface area contributed by atoms with E-state index in [-0.39, 0.29) is 0 Å². The van der Waals surface area contributed by atoms with E-state index in [1.54, 1.807) is 0 Å². The highest BCUT2D eigenvalue weighted by Gasteiger charge is 2.09. The summed E-state index contributed by atoms with van der Waals surface area (Å²) in [6.07, 6.45) is 2.16. The summed E-state index contributed by atoms with van der Waals surface area (Å²) in [5.74, 6) is 0.529. The molecule has 3 heteroatoms. The fourth-order valence-electron chi connectivity index (χ4n) is 1.41. The standard InChI is InChI=1S/C12H13NO2/c1-2-14-12-11(13-9-15-12)8-10-6-4-3-5-7-10/h3-7,9H,2,8H2,1H3. The molecule has 0 bridgehead atoms. The van der Waals surface area contributed by atoms with Crippen LogP contribution in [0.25, 0.3) is 0 Å². The van der Waals surface area contributed by atoms with Gasteiger partial charge in [-0.15, -0.1) is 0 Å². The normalized spacial score (nSPS) is 10.2. The first-order valence-electron chi connectivity index (χ1n) is 4.99. The van der Waals surface area contributed by atoms with Gasteiger partial charge in [-0.3, -0.25) is 0 Å². The summed E-state index contributed by atoms with van der Waals surface area (Å²) in [6.45, 7) is 2.52. The Hall–Kier alpha value is -1.77. The molecule has 0 aliphatic rings. The molecule has 2 rings (SSSR count). The second kappa shape index (κ2) is 4.64. The van der Waals surface area contributed by atoms with Gasteiger partial charge in [0, 0.05) is 6.42 Å². The largest absolute Gasteiger partial charge is 0.464 e. The van der Waals surface area contributed by atoms with Crippen LogP contribution in [-0.4, -0.2) is 11.6 Å². The maximum atomic E-state index is 5.32. The van der Waals surface area contributed by atoms with Crippen molar-refractivity contribution < 1.29 is 9.15 Å². The molecule has 0 radical (unpaired) electrons. The van der Waals surface area contributed by atoms with E-state index in [1.807, 2.05) is 25.1 Å². The van der Waals surface area contributed by atoms with Crippen LogP contribution in [0.4, 0.5) is 0 Å². The summed E-state index contributed by atoms with van der Waals surface area (Å²) in [6, 6.07) is 10.1. The van der Waals surface area contributed by atoms with Gasteiger partial charge in [-0.05, 0) is 12.5 Å². The molecule has 15 heavy (non-hydrogen) atoms. The Bertz CT molecular complexity index is 409. The molecule has 0 spiro atoms. The topological polar surface area (TPSA) is 35.3 Å². The van der Waals surface area contributed by atoms with Gasteiger partial charge < -0.3 is 9.15 Å². The van der Waals surface area contributed by atoms with Crippen molar-refractivity contribution in [2.45, 2.75) is 13.3 Å². The number of hydrogen-bond donors (Lipinski definition) is 0. The Balaban J connectivity index is 2.14. The second-order valence-corrected chi connectivity index (χ2v) is 3.18. The summed E-state index contributed by atoms with van der Waals surface area (Å²) < 4.78 is 10.5. The van der Waals surface area contributed by atoms with Gasteiger partial charge >= 0.3 is 5.95 Å². The van der Waals surface area contributed by atoms with E-state index in [9.17, 15) is 0 Å². The van der Waals surface area contributed by atoms with Crippen molar-refractivity contribution in [2.75, 3.05) is 6.61 Å². The predicted octanol–water partition coefficient (Wildman–Crippen LogP) is 2.66. The van der Waals surface area contributed by atoms with E-state index in [4.69, 9.17) is 9.15 Å². The van der Waals surface area contributed by atoms with Crippen LogP contribution in [0.5, 0.6) is 5.95 Å². The fraction of sp³-hybridized carbons (Fsp3) is 0.250. The molecule has 0 aliphatic heterocycles. The number of hydrogen-bond acceptors (Lipinski definition) is 3. The highest BCUT2D eigenvalue weighted by Crippen LogP contribution is 2.19. The summed E-state index contributed by atoms with van der Waals surface area (Å²) in [5.41, 5.74) is 2.05. The number of aromatic nitrogens is 1. The number of nitrogens with zero attached hydrogens (tertiary/aromatic N) is 1. The third-order valence-corrected chi connectivity index (χ3v) is 2.09. The highest BCUT2D eigenvalue weighted by molar-refractivity contribution is 5.25. The molecule has 0 aliphatic carbocycles. The van der Waals surface area contributed by atoms with Crippen molar-refractivity contribution in [3.63, 3.8) is 0 Å². The third-order valence-electron chi connectivity index (χ3n) is 2.09. The number of ether oxygens (including phenoxy) is 1. The van der Waals surface area contributed by atoms with Crippen LogP contribution in [0.3, 0.4) is 0 Å². The van der Waals surface area contributed by atoms with Crippen molar-refractivity contribution >= 4 is 0 Å². The van der Waals surface area contributed by atoms with Gasteiger partial charge in [0.15, 0.2) is 6.39 Å². The van der Waals surface area contributed by atoms with Crippen molar-refractivity contribution in [3.8, 4) is 5.95 Å². The molecule has 0 unspecified atom stereocenters. The van der Waals surface area contributed by atoms with Gasteiger partial charge in [0.25, 0.3) is 0 Å². The second-order valence-electron chi connectivity index (χ2n) is 3.18. The summed E-state index contributed by atoms with van der Waals surface area (Å²) in [7, 11) is 0. The van der Waals surface area contributed by atoms with Crippen molar-refractivity contribution in [3.05, 3.63) is 48.0 Å². The molecule has 0 atom stereocenters. The van der Waals surface area contributed by atoms with Crippen molar-refractivity contribution in [1.82, 2.24) is 4.98 Å². The maximum Gasteiger partial charge on any atom is 0.308 e. The summed E-state index contributed by atoms with van der Waals surface area (Å²) >= 11 is 0. The molecule has 2 aromatic rings. The molecule has 1 aromatic carbocycles. The Morgan fingerprint density at radius 1 is 1.27 bits per heavy atom. The molecule has 1 heterocycles. The number of rotatable bonds is 4. The lowest BCUT2D eigenvalue weighted by atomic mass is 10.1. The minimum atomic E-state index is 0.529. The molecule has 0 saturated carbocycles. The van der Waals surface area contributed by atoms with Gasteiger partial charge in [0.1, 0.15) is 5.69 Å². The number of benzene rings is 1. The first-order chi connectivity index (χ1) is 7.40.